The molecule has 0 radical (unpaired) electrons. The minimum atomic E-state index is -4.56. The highest BCUT2D eigenvalue weighted by atomic mass is 19.4. The van der Waals surface area contributed by atoms with Crippen LogP contribution in [0.15, 0.2) is 84.9 Å². The summed E-state index contributed by atoms with van der Waals surface area (Å²) in [5, 5.41) is 7.08. The van der Waals surface area contributed by atoms with E-state index in [4.69, 9.17) is 0 Å². The smallest absolute Gasteiger partial charge is 0.323 e. The Morgan fingerprint density at radius 1 is 0.889 bits per heavy atom. The van der Waals surface area contributed by atoms with Gasteiger partial charge in [0.2, 0.25) is 11.8 Å². The molecular formula is C27H18F3N3O3. The lowest BCUT2D eigenvalue weighted by Gasteiger charge is -2.23. The third-order valence-corrected chi connectivity index (χ3v) is 5.81. The molecule has 0 atom stereocenters. The maximum atomic E-state index is 13.0. The number of alkyl halides is 3. The summed E-state index contributed by atoms with van der Waals surface area (Å²) in [5.41, 5.74) is 0.763. The molecule has 4 aromatic rings. The van der Waals surface area contributed by atoms with Crippen molar-refractivity contribution in [3.63, 3.8) is 0 Å². The van der Waals surface area contributed by atoms with Gasteiger partial charge in [0, 0.05) is 22.3 Å². The molecule has 0 aliphatic carbocycles. The van der Waals surface area contributed by atoms with Crippen LogP contribution in [-0.2, 0) is 15.8 Å². The molecule has 1 aliphatic rings. The minimum Gasteiger partial charge on any atom is -0.323 e. The van der Waals surface area contributed by atoms with Crippen molar-refractivity contribution < 1.29 is 27.6 Å². The highest BCUT2D eigenvalue weighted by Gasteiger charge is 2.31. The van der Waals surface area contributed by atoms with Gasteiger partial charge < -0.3 is 10.6 Å². The van der Waals surface area contributed by atoms with Crippen molar-refractivity contribution in [2.75, 3.05) is 15.5 Å². The van der Waals surface area contributed by atoms with Gasteiger partial charge in [-0.15, -0.1) is 0 Å². The lowest BCUT2D eigenvalue weighted by molar-refractivity contribution is -0.137. The fourth-order valence-electron chi connectivity index (χ4n) is 4.13. The van der Waals surface area contributed by atoms with Crippen LogP contribution in [0.2, 0.25) is 0 Å². The Balaban J connectivity index is 1.45. The van der Waals surface area contributed by atoms with Crippen LogP contribution in [0.3, 0.4) is 0 Å². The van der Waals surface area contributed by atoms with Crippen LogP contribution >= 0.6 is 0 Å². The van der Waals surface area contributed by atoms with Gasteiger partial charge in [-0.3, -0.25) is 19.3 Å². The summed E-state index contributed by atoms with van der Waals surface area (Å²) in [7, 11) is 0. The number of carbonyl (C=O) groups is 3. The van der Waals surface area contributed by atoms with Gasteiger partial charge in [0.15, 0.2) is 0 Å². The molecule has 2 N–H and O–H groups in total. The summed E-state index contributed by atoms with van der Waals surface area (Å²) >= 11 is 0. The first-order valence-electron chi connectivity index (χ1n) is 10.9. The number of carbonyl (C=O) groups excluding carboxylic acids is 3. The summed E-state index contributed by atoms with van der Waals surface area (Å²) in [6, 6.07) is 21.5. The molecule has 9 heteroatoms. The van der Waals surface area contributed by atoms with Gasteiger partial charge in [0.05, 0.1) is 16.9 Å². The fourth-order valence-corrected chi connectivity index (χ4v) is 4.13. The number of benzene rings is 4. The molecule has 6 nitrogen and oxygen atoms in total. The van der Waals surface area contributed by atoms with Crippen molar-refractivity contribution >= 4 is 51.2 Å². The molecule has 0 bridgehead atoms. The van der Waals surface area contributed by atoms with E-state index in [9.17, 15) is 27.6 Å². The predicted molar refractivity (Wildman–Crippen MR) is 130 cm³/mol. The molecule has 4 aromatic carbocycles. The summed E-state index contributed by atoms with van der Waals surface area (Å²) in [6.07, 6.45) is -4.91. The van der Waals surface area contributed by atoms with Crippen molar-refractivity contribution in [2.45, 2.75) is 12.6 Å². The quantitative estimate of drug-likeness (QED) is 0.341. The lowest BCUT2D eigenvalue weighted by Crippen LogP contribution is -2.26. The van der Waals surface area contributed by atoms with Crippen molar-refractivity contribution in [1.82, 2.24) is 0 Å². The van der Waals surface area contributed by atoms with Crippen molar-refractivity contribution in [3.05, 3.63) is 96.1 Å². The van der Waals surface area contributed by atoms with Crippen LogP contribution in [0.5, 0.6) is 0 Å². The number of nitrogens with zero attached hydrogens (tertiary/aromatic N) is 1. The second kappa shape index (κ2) is 8.84. The van der Waals surface area contributed by atoms with Crippen LogP contribution in [0, 0.1) is 0 Å². The standard InChI is InChI=1S/C27H18F3N3O3/c28-27(29,30)18-6-3-5-17(14-18)26(36)31-19-9-11-20(12-10-19)33-22-13-8-16-4-1-2-7-21(16)25(22)32-23(34)15-24(33)35/h1-14H,15H2,(H,31,36)(H,32,34). The van der Waals surface area contributed by atoms with Gasteiger partial charge in [-0.05, 0) is 53.9 Å². The Labute approximate surface area is 203 Å². The molecule has 36 heavy (non-hydrogen) atoms. The van der Waals surface area contributed by atoms with Gasteiger partial charge in [0.1, 0.15) is 6.42 Å². The number of halogens is 3. The number of nitrogens with one attached hydrogen (secondary N) is 2. The van der Waals surface area contributed by atoms with Gasteiger partial charge >= 0.3 is 6.18 Å². The Morgan fingerprint density at radius 2 is 1.64 bits per heavy atom. The molecule has 0 unspecified atom stereocenters. The van der Waals surface area contributed by atoms with Gasteiger partial charge in [-0.25, -0.2) is 0 Å². The maximum absolute atomic E-state index is 13.0. The van der Waals surface area contributed by atoms with Crippen LogP contribution in [-0.4, -0.2) is 17.7 Å². The monoisotopic (exact) mass is 489 g/mol. The van der Waals surface area contributed by atoms with E-state index >= 15 is 0 Å². The first kappa shape index (κ1) is 23.1. The van der Waals surface area contributed by atoms with Crippen LogP contribution < -0.4 is 15.5 Å². The highest BCUT2D eigenvalue weighted by Crippen LogP contribution is 2.40. The number of hydrogen-bond donors (Lipinski definition) is 2. The lowest BCUT2D eigenvalue weighted by atomic mass is 10.1. The molecule has 1 heterocycles. The molecule has 0 aromatic heterocycles. The second-order valence-corrected chi connectivity index (χ2v) is 8.21. The van der Waals surface area contributed by atoms with Crippen molar-refractivity contribution in [2.24, 2.45) is 0 Å². The average Bonchev–Trinajstić information content (AvgIpc) is 2.98. The Hall–Kier alpha value is -4.66. The first-order valence-corrected chi connectivity index (χ1v) is 10.9. The van der Waals surface area contributed by atoms with E-state index in [-0.39, 0.29) is 12.0 Å². The van der Waals surface area contributed by atoms with Gasteiger partial charge in [0.25, 0.3) is 5.91 Å². The van der Waals surface area contributed by atoms with Gasteiger partial charge in [-0.1, -0.05) is 36.4 Å². The Bertz CT molecular complexity index is 1510. The number of anilines is 4. The molecule has 0 saturated carbocycles. The van der Waals surface area contributed by atoms with E-state index in [1.165, 1.54) is 29.2 Å². The van der Waals surface area contributed by atoms with E-state index in [2.05, 4.69) is 10.6 Å². The third kappa shape index (κ3) is 4.38. The molecule has 0 spiro atoms. The number of hydrogen-bond acceptors (Lipinski definition) is 3. The normalized spacial score (nSPS) is 13.7. The van der Waals surface area contributed by atoms with E-state index in [1.54, 1.807) is 18.2 Å². The highest BCUT2D eigenvalue weighted by molar-refractivity contribution is 6.21. The first-order chi connectivity index (χ1) is 17.2. The third-order valence-electron chi connectivity index (χ3n) is 5.81. The zero-order valence-corrected chi connectivity index (χ0v) is 18.6. The van der Waals surface area contributed by atoms with Crippen LogP contribution in [0.1, 0.15) is 22.3 Å². The minimum absolute atomic E-state index is 0.137. The number of fused-ring (bicyclic) bond motifs is 3. The summed E-state index contributed by atoms with van der Waals surface area (Å²) in [5.74, 6) is -1.56. The summed E-state index contributed by atoms with van der Waals surface area (Å²) < 4.78 is 38.9. The van der Waals surface area contributed by atoms with E-state index in [1.807, 2.05) is 30.3 Å². The average molecular weight is 489 g/mol. The predicted octanol–water partition coefficient (Wildman–Crippen LogP) is 6.12. The SMILES string of the molecule is O=C1CC(=O)N(c2ccc(NC(=O)c3cccc(C(F)(F)F)c3)cc2)c2ccc3ccccc3c2N1. The molecule has 5 rings (SSSR count). The maximum Gasteiger partial charge on any atom is 0.416 e. The van der Waals surface area contributed by atoms with E-state index in [0.717, 1.165) is 22.9 Å². The summed E-state index contributed by atoms with van der Waals surface area (Å²) in [6.45, 7) is 0. The Kier molecular flexibility index (Phi) is 5.68. The number of amides is 3. The van der Waals surface area contributed by atoms with E-state index < -0.39 is 29.5 Å². The van der Waals surface area contributed by atoms with E-state index in [0.29, 0.717) is 22.7 Å². The molecule has 3 amide bonds. The fraction of sp³-hybridized carbons (Fsp3) is 0.0741. The zero-order chi connectivity index (χ0) is 25.4. The molecule has 180 valence electrons. The molecule has 1 aliphatic heterocycles. The molecule has 0 saturated heterocycles. The van der Waals surface area contributed by atoms with Crippen molar-refractivity contribution in [1.29, 1.82) is 0 Å². The molecule has 0 fully saturated rings. The molecular weight excluding hydrogens is 471 g/mol. The zero-order valence-electron chi connectivity index (χ0n) is 18.6. The van der Waals surface area contributed by atoms with Gasteiger partial charge in [-0.2, -0.15) is 13.2 Å². The van der Waals surface area contributed by atoms with Crippen LogP contribution in [0.4, 0.5) is 35.9 Å². The largest absolute Gasteiger partial charge is 0.416 e. The summed E-state index contributed by atoms with van der Waals surface area (Å²) in [4.78, 5) is 39.3. The second-order valence-electron chi connectivity index (χ2n) is 8.21. The Morgan fingerprint density at radius 3 is 2.39 bits per heavy atom. The van der Waals surface area contributed by atoms with Crippen molar-refractivity contribution in [3.8, 4) is 0 Å². The van der Waals surface area contributed by atoms with Crippen LogP contribution in [0.25, 0.3) is 10.8 Å². The number of rotatable bonds is 3. The topological polar surface area (TPSA) is 78.5 Å².